The molecule has 18 heavy (non-hydrogen) atoms. The highest BCUT2D eigenvalue weighted by atomic mass is 32.1. The molecule has 0 aromatic carbocycles. The van der Waals surface area contributed by atoms with Crippen LogP contribution in [0.15, 0.2) is 24.1 Å². The second-order valence-corrected chi connectivity index (χ2v) is 4.57. The van der Waals surface area contributed by atoms with Crippen molar-refractivity contribution in [1.29, 1.82) is 0 Å². The molecule has 0 radical (unpaired) electrons. The van der Waals surface area contributed by atoms with E-state index in [0.29, 0.717) is 5.82 Å². The fourth-order valence-corrected chi connectivity index (χ4v) is 2.63. The van der Waals surface area contributed by atoms with E-state index in [0.717, 1.165) is 15.8 Å². The zero-order valence-corrected chi connectivity index (χ0v) is 10.1. The van der Waals surface area contributed by atoms with Crippen LogP contribution in [-0.4, -0.2) is 24.7 Å². The van der Waals surface area contributed by atoms with Crippen LogP contribution in [0.4, 0.5) is 5.69 Å². The first-order valence-electron chi connectivity index (χ1n) is 5.05. The molecular weight excluding hydrogens is 254 g/mol. The fourth-order valence-electron chi connectivity index (χ4n) is 1.64. The highest BCUT2D eigenvalue weighted by Crippen LogP contribution is 2.27. The average molecular weight is 261 g/mol. The predicted molar refractivity (Wildman–Crippen MR) is 65.9 cm³/mol. The first-order valence-corrected chi connectivity index (χ1v) is 5.93. The molecule has 3 heterocycles. The van der Waals surface area contributed by atoms with Crippen molar-refractivity contribution in [3.05, 3.63) is 39.8 Å². The van der Waals surface area contributed by atoms with E-state index in [9.17, 15) is 10.1 Å². The van der Waals surface area contributed by atoms with Crippen LogP contribution in [0.1, 0.15) is 5.56 Å². The molecule has 0 spiro atoms. The Balaban J connectivity index is 2.21. The minimum atomic E-state index is -0.485. The molecular formula is C10H7N5O2S. The van der Waals surface area contributed by atoms with E-state index in [1.54, 1.807) is 0 Å². The third kappa shape index (κ3) is 1.54. The van der Waals surface area contributed by atoms with Crippen LogP contribution in [0.25, 0.3) is 16.0 Å². The van der Waals surface area contributed by atoms with Crippen molar-refractivity contribution >= 4 is 27.2 Å². The van der Waals surface area contributed by atoms with Crippen LogP contribution in [0.5, 0.6) is 0 Å². The molecule has 7 nitrogen and oxygen atoms in total. The van der Waals surface area contributed by atoms with E-state index < -0.39 is 4.92 Å². The lowest BCUT2D eigenvalue weighted by molar-refractivity contribution is -0.384. The number of aryl methyl sites for hydroxylation is 1. The molecule has 3 rings (SSSR count). The summed E-state index contributed by atoms with van der Waals surface area (Å²) < 4.78 is 2.27. The molecule has 0 aliphatic heterocycles. The second-order valence-electron chi connectivity index (χ2n) is 3.69. The van der Waals surface area contributed by atoms with E-state index in [1.807, 2.05) is 12.3 Å². The molecule has 0 amide bonds. The lowest BCUT2D eigenvalue weighted by atomic mass is 10.3. The first kappa shape index (κ1) is 10.8. The van der Waals surface area contributed by atoms with Gasteiger partial charge in [-0.05, 0) is 17.9 Å². The Morgan fingerprint density at radius 3 is 3.00 bits per heavy atom. The highest BCUT2D eigenvalue weighted by Gasteiger charge is 2.14. The van der Waals surface area contributed by atoms with Gasteiger partial charge in [-0.1, -0.05) is 0 Å². The molecule has 0 saturated carbocycles. The second kappa shape index (κ2) is 3.84. The Morgan fingerprint density at radius 2 is 2.28 bits per heavy atom. The van der Waals surface area contributed by atoms with E-state index in [2.05, 4.69) is 15.1 Å². The molecule has 0 bridgehead atoms. The van der Waals surface area contributed by atoms with Crippen molar-refractivity contribution in [2.24, 2.45) is 0 Å². The Labute approximate surface area is 105 Å². The first-order chi connectivity index (χ1) is 8.66. The molecule has 0 atom stereocenters. The fraction of sp³-hybridized carbons (Fsp3) is 0.100. The average Bonchev–Trinajstić information content (AvgIpc) is 2.97. The van der Waals surface area contributed by atoms with Crippen molar-refractivity contribution in [2.45, 2.75) is 6.92 Å². The third-order valence-electron chi connectivity index (χ3n) is 2.51. The van der Waals surface area contributed by atoms with E-state index in [-0.39, 0.29) is 5.69 Å². The van der Waals surface area contributed by atoms with Crippen LogP contribution in [0, 0.1) is 17.0 Å². The topological polar surface area (TPSA) is 86.7 Å². The van der Waals surface area contributed by atoms with Gasteiger partial charge in [-0.25, -0.2) is 14.6 Å². The van der Waals surface area contributed by atoms with Crippen molar-refractivity contribution in [1.82, 2.24) is 19.7 Å². The summed E-state index contributed by atoms with van der Waals surface area (Å²) in [6.07, 6.45) is 3.98. The summed E-state index contributed by atoms with van der Waals surface area (Å²) in [4.78, 5) is 18.5. The summed E-state index contributed by atoms with van der Waals surface area (Å²) in [5.74, 6) is 0.561. The quantitative estimate of drug-likeness (QED) is 0.520. The molecule has 90 valence electrons. The Bertz CT molecular complexity index is 748. The number of thiophene rings is 1. The minimum absolute atomic E-state index is 0.0601. The molecule has 0 saturated heterocycles. The van der Waals surface area contributed by atoms with Crippen molar-refractivity contribution in [3.63, 3.8) is 0 Å². The zero-order valence-electron chi connectivity index (χ0n) is 9.27. The summed E-state index contributed by atoms with van der Waals surface area (Å²) in [7, 11) is 0. The third-order valence-corrected chi connectivity index (χ3v) is 3.59. The van der Waals surface area contributed by atoms with Crippen molar-refractivity contribution in [2.75, 3.05) is 0 Å². The molecule has 0 unspecified atom stereocenters. The summed E-state index contributed by atoms with van der Waals surface area (Å²) in [6, 6.07) is 0. The van der Waals surface area contributed by atoms with Crippen molar-refractivity contribution < 1.29 is 4.92 Å². The van der Waals surface area contributed by atoms with Gasteiger partial charge >= 0.3 is 5.69 Å². The van der Waals surface area contributed by atoms with Gasteiger partial charge in [0.25, 0.3) is 0 Å². The molecule has 0 fully saturated rings. The van der Waals surface area contributed by atoms with Crippen LogP contribution >= 0.6 is 11.3 Å². The van der Waals surface area contributed by atoms with Gasteiger partial charge in [-0.3, -0.25) is 10.1 Å². The van der Waals surface area contributed by atoms with Gasteiger partial charge in [0.15, 0.2) is 5.82 Å². The number of hydrogen-bond donors (Lipinski definition) is 0. The minimum Gasteiger partial charge on any atom is -0.258 e. The van der Waals surface area contributed by atoms with Gasteiger partial charge in [-0.2, -0.15) is 5.10 Å². The van der Waals surface area contributed by atoms with Gasteiger partial charge in [-0.15, -0.1) is 11.3 Å². The standard InChI is InChI=1S/C10H7N5O2S/c1-6-4-18-9-8(6)11-5-12-10(9)14-3-7(2-13-14)15(16)17/h2-5H,1H3. The smallest absolute Gasteiger partial charge is 0.258 e. The number of nitro groups is 1. The molecule has 3 aromatic rings. The Morgan fingerprint density at radius 1 is 1.44 bits per heavy atom. The van der Waals surface area contributed by atoms with E-state index >= 15 is 0 Å². The molecule has 0 N–H and O–H groups in total. The van der Waals surface area contributed by atoms with Crippen LogP contribution in [0.3, 0.4) is 0 Å². The van der Waals surface area contributed by atoms with Crippen molar-refractivity contribution in [3.8, 4) is 5.82 Å². The van der Waals surface area contributed by atoms with Crippen LogP contribution in [0.2, 0.25) is 0 Å². The number of nitrogens with zero attached hydrogens (tertiary/aromatic N) is 5. The number of fused-ring (bicyclic) bond motifs is 1. The van der Waals surface area contributed by atoms with Crippen LogP contribution in [-0.2, 0) is 0 Å². The number of hydrogen-bond acceptors (Lipinski definition) is 6. The Kier molecular flexibility index (Phi) is 2.30. The largest absolute Gasteiger partial charge is 0.307 e. The maximum Gasteiger partial charge on any atom is 0.307 e. The molecule has 0 aliphatic carbocycles. The predicted octanol–water partition coefficient (Wildman–Crippen LogP) is 2.09. The lowest BCUT2D eigenvalue weighted by Crippen LogP contribution is -1.98. The molecule has 8 heteroatoms. The van der Waals surface area contributed by atoms with Gasteiger partial charge in [0.05, 0.1) is 15.1 Å². The maximum absolute atomic E-state index is 10.6. The summed E-state index contributed by atoms with van der Waals surface area (Å²) in [6.45, 7) is 1.96. The van der Waals surface area contributed by atoms with Gasteiger partial charge in [0, 0.05) is 0 Å². The zero-order chi connectivity index (χ0) is 12.7. The van der Waals surface area contributed by atoms with E-state index in [4.69, 9.17) is 0 Å². The Hall–Kier alpha value is -2.35. The van der Waals surface area contributed by atoms with Gasteiger partial charge in [0.1, 0.15) is 18.7 Å². The van der Waals surface area contributed by atoms with E-state index in [1.165, 1.54) is 34.7 Å². The summed E-state index contributed by atoms with van der Waals surface area (Å²) in [5.41, 5.74) is 1.85. The molecule has 0 aliphatic rings. The summed E-state index contributed by atoms with van der Waals surface area (Å²) >= 11 is 1.50. The number of rotatable bonds is 2. The van der Waals surface area contributed by atoms with Gasteiger partial charge in [0.2, 0.25) is 0 Å². The summed E-state index contributed by atoms with van der Waals surface area (Å²) in [5, 5.41) is 16.6. The van der Waals surface area contributed by atoms with Crippen LogP contribution < -0.4 is 0 Å². The van der Waals surface area contributed by atoms with Gasteiger partial charge < -0.3 is 0 Å². The number of aromatic nitrogens is 4. The maximum atomic E-state index is 10.6. The molecule has 3 aromatic heterocycles. The normalized spacial score (nSPS) is 10.9. The monoisotopic (exact) mass is 261 g/mol. The highest BCUT2D eigenvalue weighted by molar-refractivity contribution is 7.17. The lowest BCUT2D eigenvalue weighted by Gasteiger charge is -2.00. The SMILES string of the molecule is Cc1csc2c(-n3cc([N+](=O)[O-])cn3)ncnc12.